The number of carboxylic acids is 1. The minimum atomic E-state index is -0.978. The molecule has 4 rings (SSSR count). The highest BCUT2D eigenvalue weighted by Crippen LogP contribution is 2.19. The lowest BCUT2D eigenvalue weighted by Crippen LogP contribution is -2.55. The fourth-order valence-corrected chi connectivity index (χ4v) is 3.48. The molecule has 2 N–H and O–H groups in total. The Kier molecular flexibility index (Phi) is 4.60. The van der Waals surface area contributed by atoms with E-state index in [4.69, 9.17) is 5.11 Å². The number of carboxylic acid groups (broad SMARTS) is 1. The van der Waals surface area contributed by atoms with E-state index in [1.165, 1.54) is 5.39 Å². The van der Waals surface area contributed by atoms with E-state index in [1.54, 1.807) is 10.9 Å². The summed E-state index contributed by atoms with van der Waals surface area (Å²) in [6.45, 7) is 1.62. The maximum absolute atomic E-state index is 12.0. The zero-order valence-electron chi connectivity index (χ0n) is 14.7. The molecule has 1 saturated heterocycles. The number of nitrogens with one attached hydrogen (secondary N) is 1. The van der Waals surface area contributed by atoms with Crippen molar-refractivity contribution in [3.63, 3.8) is 0 Å². The first-order chi connectivity index (χ1) is 13.1. The van der Waals surface area contributed by atoms with E-state index in [0.717, 1.165) is 16.6 Å². The van der Waals surface area contributed by atoms with E-state index in [0.29, 0.717) is 19.6 Å². The third-order valence-corrected chi connectivity index (χ3v) is 4.83. The van der Waals surface area contributed by atoms with Crippen molar-refractivity contribution in [2.24, 2.45) is 0 Å². The Hall–Kier alpha value is -3.19. The summed E-state index contributed by atoms with van der Waals surface area (Å²) < 4.78 is 1.80. The molecule has 0 bridgehead atoms. The molecule has 0 radical (unpaired) electrons. The van der Waals surface area contributed by atoms with E-state index in [9.17, 15) is 9.59 Å². The SMILES string of the molecule is O=C(O)C[C@H]1C(=O)NCCN1Cc1cnn(-c2ccc3ccccc3c2)c1. The number of piperazine rings is 1. The van der Waals surface area contributed by atoms with Gasteiger partial charge in [0.2, 0.25) is 5.91 Å². The van der Waals surface area contributed by atoms with Crippen LogP contribution in [-0.4, -0.2) is 50.8 Å². The van der Waals surface area contributed by atoms with Crippen LogP contribution in [-0.2, 0) is 16.1 Å². The number of carbonyl (C=O) groups excluding carboxylic acids is 1. The monoisotopic (exact) mass is 364 g/mol. The molecule has 2 aromatic carbocycles. The van der Waals surface area contributed by atoms with Crippen molar-refractivity contribution in [2.45, 2.75) is 19.0 Å². The Morgan fingerprint density at radius 2 is 2.04 bits per heavy atom. The lowest BCUT2D eigenvalue weighted by atomic mass is 10.1. The number of nitrogens with zero attached hydrogens (tertiary/aromatic N) is 3. The first kappa shape index (κ1) is 17.2. The van der Waals surface area contributed by atoms with Crippen molar-refractivity contribution in [2.75, 3.05) is 13.1 Å². The molecule has 7 nitrogen and oxygen atoms in total. The van der Waals surface area contributed by atoms with Crippen molar-refractivity contribution in [1.82, 2.24) is 20.0 Å². The van der Waals surface area contributed by atoms with E-state index in [2.05, 4.69) is 34.7 Å². The molecule has 138 valence electrons. The molecular weight excluding hydrogens is 344 g/mol. The van der Waals surface area contributed by atoms with E-state index < -0.39 is 12.0 Å². The number of aromatic nitrogens is 2. The van der Waals surface area contributed by atoms with Crippen LogP contribution in [0.2, 0.25) is 0 Å². The summed E-state index contributed by atoms with van der Waals surface area (Å²) in [5.74, 6) is -1.21. The highest BCUT2D eigenvalue weighted by Gasteiger charge is 2.31. The fraction of sp³-hybridized carbons (Fsp3) is 0.250. The van der Waals surface area contributed by atoms with Crippen molar-refractivity contribution < 1.29 is 14.7 Å². The van der Waals surface area contributed by atoms with Crippen LogP contribution in [0.25, 0.3) is 16.5 Å². The molecule has 3 aromatic rings. The second-order valence-electron chi connectivity index (χ2n) is 6.70. The van der Waals surface area contributed by atoms with Gasteiger partial charge in [-0.1, -0.05) is 30.3 Å². The van der Waals surface area contributed by atoms with Gasteiger partial charge in [-0.3, -0.25) is 14.5 Å². The Balaban J connectivity index is 1.54. The summed E-state index contributed by atoms with van der Waals surface area (Å²) in [6, 6.07) is 13.6. The molecule has 0 saturated carbocycles. The Labute approximate surface area is 156 Å². The van der Waals surface area contributed by atoms with Crippen LogP contribution in [0.4, 0.5) is 0 Å². The maximum atomic E-state index is 12.0. The lowest BCUT2D eigenvalue weighted by molar-refractivity contribution is -0.143. The van der Waals surface area contributed by atoms with Gasteiger partial charge in [-0.25, -0.2) is 4.68 Å². The number of hydrogen-bond donors (Lipinski definition) is 2. The maximum Gasteiger partial charge on any atom is 0.305 e. The first-order valence-electron chi connectivity index (χ1n) is 8.86. The van der Waals surface area contributed by atoms with E-state index >= 15 is 0 Å². The number of benzene rings is 2. The van der Waals surface area contributed by atoms with Crippen LogP contribution in [0, 0.1) is 0 Å². The van der Waals surface area contributed by atoms with Gasteiger partial charge in [0.1, 0.15) is 6.04 Å². The predicted octanol–water partition coefficient (Wildman–Crippen LogP) is 1.80. The van der Waals surface area contributed by atoms with Crippen LogP contribution < -0.4 is 5.32 Å². The fourth-order valence-electron chi connectivity index (χ4n) is 3.48. The number of hydrogen-bond acceptors (Lipinski definition) is 4. The van der Waals surface area contributed by atoms with Gasteiger partial charge in [0.25, 0.3) is 0 Å². The summed E-state index contributed by atoms with van der Waals surface area (Å²) in [4.78, 5) is 25.0. The molecule has 27 heavy (non-hydrogen) atoms. The van der Waals surface area contributed by atoms with Crippen molar-refractivity contribution in [3.8, 4) is 5.69 Å². The molecule has 0 unspecified atom stereocenters. The van der Waals surface area contributed by atoms with Gasteiger partial charge in [0.05, 0.1) is 18.3 Å². The molecule has 0 aliphatic carbocycles. The third kappa shape index (κ3) is 3.68. The number of fused-ring (bicyclic) bond motifs is 1. The van der Waals surface area contributed by atoms with Crippen LogP contribution in [0.5, 0.6) is 0 Å². The normalized spacial score (nSPS) is 17.8. The summed E-state index contributed by atoms with van der Waals surface area (Å²) >= 11 is 0. The van der Waals surface area contributed by atoms with Crippen LogP contribution in [0.1, 0.15) is 12.0 Å². The van der Waals surface area contributed by atoms with Crippen molar-refractivity contribution in [3.05, 3.63) is 60.4 Å². The molecule has 1 aromatic heterocycles. The van der Waals surface area contributed by atoms with E-state index in [-0.39, 0.29) is 12.3 Å². The molecule has 1 amide bonds. The Morgan fingerprint density at radius 1 is 1.22 bits per heavy atom. The molecule has 1 aliphatic rings. The van der Waals surface area contributed by atoms with Crippen molar-refractivity contribution in [1.29, 1.82) is 0 Å². The minimum absolute atomic E-state index is 0.204. The van der Waals surface area contributed by atoms with Crippen LogP contribution in [0.3, 0.4) is 0 Å². The first-order valence-corrected chi connectivity index (χ1v) is 8.86. The molecule has 0 spiro atoms. The van der Waals surface area contributed by atoms with E-state index in [1.807, 2.05) is 29.3 Å². The number of amides is 1. The lowest BCUT2D eigenvalue weighted by Gasteiger charge is -2.33. The average molecular weight is 364 g/mol. The second kappa shape index (κ2) is 7.20. The highest BCUT2D eigenvalue weighted by atomic mass is 16.4. The Morgan fingerprint density at radius 3 is 2.85 bits per heavy atom. The largest absolute Gasteiger partial charge is 0.481 e. The predicted molar refractivity (Wildman–Crippen MR) is 101 cm³/mol. The number of rotatable bonds is 5. The molecule has 1 atom stereocenters. The number of aliphatic carboxylic acids is 1. The molecule has 2 heterocycles. The smallest absolute Gasteiger partial charge is 0.305 e. The topological polar surface area (TPSA) is 87.5 Å². The Bertz CT molecular complexity index is 998. The summed E-state index contributed by atoms with van der Waals surface area (Å²) in [7, 11) is 0. The second-order valence-corrected chi connectivity index (χ2v) is 6.70. The van der Waals surface area contributed by atoms with Crippen LogP contribution in [0.15, 0.2) is 54.9 Å². The average Bonchev–Trinajstić information content (AvgIpc) is 3.12. The molecular formula is C20H20N4O3. The standard InChI is InChI=1S/C20H20N4O3/c25-19(26)10-18-20(27)21-7-8-23(18)12-14-11-22-24(13-14)17-6-5-15-3-1-2-4-16(15)9-17/h1-6,9,11,13,18H,7-8,10,12H2,(H,21,27)(H,25,26)/t18-/m0/s1. The van der Waals surface area contributed by atoms with Gasteiger partial charge in [0, 0.05) is 31.4 Å². The third-order valence-electron chi connectivity index (χ3n) is 4.83. The zero-order chi connectivity index (χ0) is 18.8. The van der Waals surface area contributed by atoms with Gasteiger partial charge in [-0.2, -0.15) is 5.10 Å². The summed E-state index contributed by atoms with van der Waals surface area (Å²) in [5.41, 5.74) is 1.90. The quantitative estimate of drug-likeness (QED) is 0.721. The van der Waals surface area contributed by atoms with Gasteiger partial charge >= 0.3 is 5.97 Å². The molecule has 7 heteroatoms. The highest BCUT2D eigenvalue weighted by molar-refractivity contribution is 5.86. The number of carbonyl (C=O) groups is 2. The van der Waals surface area contributed by atoms with Crippen molar-refractivity contribution >= 4 is 22.6 Å². The van der Waals surface area contributed by atoms with Gasteiger partial charge < -0.3 is 10.4 Å². The van der Waals surface area contributed by atoms with Gasteiger partial charge in [-0.05, 0) is 22.9 Å². The summed E-state index contributed by atoms with van der Waals surface area (Å²) in [5, 5.41) is 18.6. The van der Waals surface area contributed by atoms with Gasteiger partial charge in [-0.15, -0.1) is 0 Å². The zero-order valence-corrected chi connectivity index (χ0v) is 14.7. The van der Waals surface area contributed by atoms with Crippen LogP contribution >= 0.6 is 0 Å². The summed E-state index contributed by atoms with van der Waals surface area (Å²) in [6.07, 6.45) is 3.48. The minimum Gasteiger partial charge on any atom is -0.481 e. The molecule has 1 aliphatic heterocycles. The van der Waals surface area contributed by atoms with Gasteiger partial charge in [0.15, 0.2) is 0 Å². The molecule has 1 fully saturated rings.